The Morgan fingerprint density at radius 3 is 1.72 bits per heavy atom. The van der Waals surface area contributed by atoms with Crippen molar-refractivity contribution >= 4 is 43.9 Å². The highest BCUT2D eigenvalue weighted by Gasteiger charge is 2.24. The zero-order chi connectivity index (χ0) is 33.0. The Labute approximate surface area is 287 Å². The fourth-order valence-electron chi connectivity index (χ4n) is 7.14. The second-order valence-corrected chi connectivity index (χ2v) is 12.4. The lowest BCUT2D eigenvalue weighted by atomic mass is 10.0. The molecule has 0 fully saturated rings. The molecular weight excluding hydrogens is 613 g/mol. The fourth-order valence-corrected chi connectivity index (χ4v) is 7.14. The molecule has 50 heavy (non-hydrogen) atoms. The normalized spacial score (nSPS) is 11.6. The average Bonchev–Trinajstić information content (AvgIpc) is 3.74. The third kappa shape index (κ3) is 4.52. The zero-order valence-corrected chi connectivity index (χ0v) is 26.9. The van der Waals surface area contributed by atoms with Crippen LogP contribution < -0.4 is 0 Å². The summed E-state index contributed by atoms with van der Waals surface area (Å²) in [6.07, 6.45) is 0. The van der Waals surface area contributed by atoms with E-state index < -0.39 is 0 Å². The van der Waals surface area contributed by atoms with Crippen molar-refractivity contribution in [3.05, 3.63) is 170 Å². The molecule has 5 nitrogen and oxygen atoms in total. The molecule has 4 heterocycles. The van der Waals surface area contributed by atoms with Gasteiger partial charge in [0.1, 0.15) is 5.58 Å². The average molecular weight is 641 g/mol. The van der Waals surface area contributed by atoms with Crippen molar-refractivity contribution in [2.75, 3.05) is 0 Å². The molecule has 234 valence electrons. The van der Waals surface area contributed by atoms with Crippen molar-refractivity contribution in [3.8, 4) is 50.8 Å². The predicted molar refractivity (Wildman–Crippen MR) is 203 cm³/mol. The molecule has 4 aromatic heterocycles. The van der Waals surface area contributed by atoms with Gasteiger partial charge < -0.3 is 8.98 Å². The van der Waals surface area contributed by atoms with Crippen LogP contribution in [0.5, 0.6) is 0 Å². The molecule has 0 N–H and O–H groups in total. The monoisotopic (exact) mass is 640 g/mol. The van der Waals surface area contributed by atoms with E-state index >= 15 is 0 Å². The number of nitrogens with zero attached hydrogens (tertiary/aromatic N) is 4. The summed E-state index contributed by atoms with van der Waals surface area (Å²) in [5.41, 5.74) is 11.3. The number of furan rings is 1. The van der Waals surface area contributed by atoms with Crippen LogP contribution in [0.3, 0.4) is 0 Å². The van der Waals surface area contributed by atoms with Gasteiger partial charge in [-0.1, -0.05) is 140 Å². The maximum absolute atomic E-state index is 6.45. The zero-order valence-electron chi connectivity index (χ0n) is 26.9. The second-order valence-electron chi connectivity index (χ2n) is 12.4. The lowest BCUT2D eigenvalue weighted by Crippen LogP contribution is -1.97. The SMILES string of the molecule is c1ccc(-c2cc(-c3ccc(-c4nc5oc6ccccc6c5c5c6ccccc6n(-c6ccccc6)c45)cc3)nc(-c3ccccc3)n2)cc1. The Morgan fingerprint density at radius 1 is 0.440 bits per heavy atom. The van der Waals surface area contributed by atoms with E-state index in [1.54, 1.807) is 0 Å². The standard InChI is InChI=1S/C45H28N4O/c1-4-14-29(15-5-1)36-28-37(47-44(46-36)32-16-6-2-7-17-32)30-24-26-31(27-25-30)42-43-40(41-35-21-11-13-23-39(35)50-45(41)48-42)34-20-10-12-22-38(34)49(43)33-18-8-3-9-19-33/h1-28H. The van der Waals surface area contributed by atoms with Crippen LogP contribution in [-0.2, 0) is 0 Å². The Kier molecular flexibility index (Phi) is 6.42. The first-order chi connectivity index (χ1) is 24.8. The summed E-state index contributed by atoms with van der Waals surface area (Å²) in [4.78, 5) is 15.3. The number of aromatic nitrogens is 4. The Hall–Kier alpha value is -6.85. The molecule has 5 heteroatoms. The van der Waals surface area contributed by atoms with E-state index in [0.29, 0.717) is 11.5 Å². The van der Waals surface area contributed by atoms with Crippen molar-refractivity contribution < 1.29 is 4.42 Å². The summed E-state index contributed by atoms with van der Waals surface area (Å²) in [7, 11) is 0. The highest BCUT2D eigenvalue weighted by Crippen LogP contribution is 2.44. The maximum atomic E-state index is 6.45. The number of para-hydroxylation sites is 3. The van der Waals surface area contributed by atoms with Crippen molar-refractivity contribution in [2.24, 2.45) is 0 Å². The van der Waals surface area contributed by atoms with Crippen LogP contribution in [0, 0.1) is 0 Å². The molecular formula is C45H28N4O. The Morgan fingerprint density at radius 2 is 1.00 bits per heavy atom. The quantitative estimate of drug-likeness (QED) is 0.188. The molecule has 0 saturated carbocycles. The summed E-state index contributed by atoms with van der Waals surface area (Å²) in [6.45, 7) is 0. The van der Waals surface area contributed by atoms with E-state index in [2.05, 4.69) is 114 Å². The fraction of sp³-hybridized carbons (Fsp3) is 0. The summed E-state index contributed by atoms with van der Waals surface area (Å²) in [6, 6.07) is 58.4. The topological polar surface area (TPSA) is 56.7 Å². The molecule has 0 aliphatic heterocycles. The number of rotatable bonds is 5. The number of benzene rings is 6. The molecule has 0 bridgehead atoms. The van der Waals surface area contributed by atoms with Crippen molar-refractivity contribution in [1.82, 2.24) is 19.5 Å². The van der Waals surface area contributed by atoms with Crippen molar-refractivity contribution in [2.45, 2.75) is 0 Å². The van der Waals surface area contributed by atoms with E-state index in [0.717, 1.165) is 83.2 Å². The van der Waals surface area contributed by atoms with Gasteiger partial charge in [-0.25, -0.2) is 15.0 Å². The first-order valence-electron chi connectivity index (χ1n) is 16.7. The third-order valence-corrected chi connectivity index (χ3v) is 9.44. The van der Waals surface area contributed by atoms with Crippen molar-refractivity contribution in [1.29, 1.82) is 0 Å². The van der Waals surface area contributed by atoms with Gasteiger partial charge in [-0.15, -0.1) is 0 Å². The van der Waals surface area contributed by atoms with Crippen molar-refractivity contribution in [3.63, 3.8) is 0 Å². The smallest absolute Gasteiger partial charge is 0.228 e. The Bertz CT molecular complexity index is 2780. The minimum Gasteiger partial charge on any atom is -0.438 e. The molecule has 0 spiro atoms. The minimum absolute atomic E-state index is 0.629. The largest absolute Gasteiger partial charge is 0.438 e. The highest BCUT2D eigenvalue weighted by molar-refractivity contribution is 6.28. The van der Waals surface area contributed by atoms with Crippen LogP contribution >= 0.6 is 0 Å². The summed E-state index contributed by atoms with van der Waals surface area (Å²) >= 11 is 0. The molecule has 0 amide bonds. The van der Waals surface area contributed by atoms with Gasteiger partial charge in [-0.2, -0.15) is 0 Å². The number of hydrogen-bond donors (Lipinski definition) is 0. The van der Waals surface area contributed by atoms with E-state index in [9.17, 15) is 0 Å². The van der Waals surface area contributed by atoms with E-state index in [4.69, 9.17) is 19.4 Å². The second kappa shape index (κ2) is 11.4. The van der Waals surface area contributed by atoms with Crippen LogP contribution in [-0.4, -0.2) is 19.5 Å². The van der Waals surface area contributed by atoms with E-state index in [1.165, 1.54) is 0 Å². The Balaban J connectivity index is 1.21. The summed E-state index contributed by atoms with van der Waals surface area (Å²) < 4.78 is 8.79. The van der Waals surface area contributed by atoms with Crippen LogP contribution in [0.4, 0.5) is 0 Å². The van der Waals surface area contributed by atoms with Gasteiger partial charge in [0.05, 0.1) is 33.5 Å². The summed E-state index contributed by atoms with van der Waals surface area (Å²) in [5.74, 6) is 0.692. The number of hydrogen-bond acceptors (Lipinski definition) is 4. The van der Waals surface area contributed by atoms with Gasteiger partial charge in [0.2, 0.25) is 5.71 Å². The van der Waals surface area contributed by atoms with Gasteiger partial charge in [0.15, 0.2) is 5.82 Å². The molecule has 0 atom stereocenters. The van der Waals surface area contributed by atoms with Crippen LogP contribution in [0.15, 0.2) is 174 Å². The highest BCUT2D eigenvalue weighted by atomic mass is 16.3. The number of pyridine rings is 1. The molecule has 0 saturated heterocycles. The van der Waals surface area contributed by atoms with E-state index in [-0.39, 0.29) is 0 Å². The molecule has 6 aromatic carbocycles. The van der Waals surface area contributed by atoms with E-state index in [1.807, 2.05) is 60.7 Å². The van der Waals surface area contributed by atoms with Gasteiger partial charge in [-0.3, -0.25) is 0 Å². The van der Waals surface area contributed by atoms with Crippen LogP contribution in [0.25, 0.3) is 94.7 Å². The number of fused-ring (bicyclic) bond motifs is 7. The first kappa shape index (κ1) is 28.2. The van der Waals surface area contributed by atoms with Gasteiger partial charge in [-0.05, 0) is 30.3 Å². The predicted octanol–water partition coefficient (Wildman–Crippen LogP) is 11.5. The molecule has 0 radical (unpaired) electrons. The maximum Gasteiger partial charge on any atom is 0.228 e. The summed E-state index contributed by atoms with van der Waals surface area (Å²) in [5, 5.41) is 4.38. The minimum atomic E-state index is 0.629. The molecule has 10 rings (SSSR count). The van der Waals surface area contributed by atoms with Gasteiger partial charge in [0.25, 0.3) is 0 Å². The lowest BCUT2D eigenvalue weighted by molar-refractivity contribution is 0.655. The molecule has 0 aliphatic carbocycles. The van der Waals surface area contributed by atoms with Crippen LogP contribution in [0.2, 0.25) is 0 Å². The van der Waals surface area contributed by atoms with Gasteiger partial charge in [0, 0.05) is 44.1 Å². The molecule has 0 unspecified atom stereocenters. The third-order valence-electron chi connectivity index (χ3n) is 9.44. The first-order valence-corrected chi connectivity index (χ1v) is 16.7. The molecule has 10 aromatic rings. The molecule has 0 aliphatic rings. The van der Waals surface area contributed by atoms with Crippen LogP contribution in [0.1, 0.15) is 0 Å². The van der Waals surface area contributed by atoms with Gasteiger partial charge >= 0.3 is 0 Å². The lowest BCUT2D eigenvalue weighted by Gasteiger charge is -2.12.